The summed E-state index contributed by atoms with van der Waals surface area (Å²) in [6, 6.07) is 3.78. The number of nitro groups is 1. The SMILES string of the molecule is C[C@@H]1C[C@H](C)CN(C(=O)COC(=O)CSc2ccc(C(N)=O)cc2[N+](=O)[O-])C1. The normalized spacial score (nSPS) is 19.1. The summed E-state index contributed by atoms with van der Waals surface area (Å²) in [6.07, 6.45) is 1.06. The van der Waals surface area contributed by atoms with Crippen molar-refractivity contribution in [2.75, 3.05) is 25.4 Å². The summed E-state index contributed by atoms with van der Waals surface area (Å²) in [7, 11) is 0. The number of nitro benzene ring substituents is 1. The highest BCUT2D eigenvalue weighted by Gasteiger charge is 2.26. The summed E-state index contributed by atoms with van der Waals surface area (Å²) in [6.45, 7) is 5.10. The molecule has 0 spiro atoms. The van der Waals surface area contributed by atoms with Gasteiger partial charge in [0.1, 0.15) is 0 Å². The Morgan fingerprint density at radius 1 is 1.29 bits per heavy atom. The lowest BCUT2D eigenvalue weighted by atomic mass is 9.92. The zero-order valence-electron chi connectivity index (χ0n) is 15.8. The van der Waals surface area contributed by atoms with Crippen LogP contribution in [0.2, 0.25) is 0 Å². The molecule has 2 rings (SSSR count). The quantitative estimate of drug-likeness (QED) is 0.314. The maximum absolute atomic E-state index is 12.2. The van der Waals surface area contributed by atoms with Gasteiger partial charge in [0.05, 0.1) is 15.6 Å². The lowest BCUT2D eigenvalue weighted by molar-refractivity contribution is -0.387. The second kappa shape index (κ2) is 9.54. The van der Waals surface area contributed by atoms with E-state index in [1.54, 1.807) is 4.90 Å². The number of benzene rings is 1. The molecule has 152 valence electrons. The van der Waals surface area contributed by atoms with Crippen molar-refractivity contribution in [1.82, 2.24) is 4.90 Å². The molecule has 0 aliphatic carbocycles. The smallest absolute Gasteiger partial charge is 0.316 e. The van der Waals surface area contributed by atoms with Crippen LogP contribution in [0.4, 0.5) is 5.69 Å². The molecule has 1 saturated heterocycles. The number of likely N-dealkylation sites (tertiary alicyclic amines) is 1. The van der Waals surface area contributed by atoms with E-state index in [0.717, 1.165) is 24.2 Å². The largest absolute Gasteiger partial charge is 0.455 e. The molecule has 28 heavy (non-hydrogen) atoms. The zero-order valence-corrected chi connectivity index (χ0v) is 16.6. The Bertz CT molecular complexity index is 775. The van der Waals surface area contributed by atoms with Gasteiger partial charge in [-0.1, -0.05) is 13.8 Å². The number of carbonyl (C=O) groups excluding carboxylic acids is 3. The number of amides is 2. The van der Waals surface area contributed by atoms with Gasteiger partial charge in [0.25, 0.3) is 11.6 Å². The predicted octanol–water partition coefficient (Wildman–Crippen LogP) is 1.83. The van der Waals surface area contributed by atoms with E-state index in [0.29, 0.717) is 24.9 Å². The van der Waals surface area contributed by atoms with Crippen molar-refractivity contribution in [1.29, 1.82) is 0 Å². The number of hydrogen-bond acceptors (Lipinski definition) is 7. The monoisotopic (exact) mass is 409 g/mol. The van der Waals surface area contributed by atoms with Crippen LogP contribution in [0.25, 0.3) is 0 Å². The molecule has 9 nitrogen and oxygen atoms in total. The number of rotatable bonds is 7. The molecular weight excluding hydrogens is 386 g/mol. The summed E-state index contributed by atoms with van der Waals surface area (Å²) < 4.78 is 5.02. The van der Waals surface area contributed by atoms with E-state index in [1.165, 1.54) is 12.1 Å². The third-order valence-electron chi connectivity index (χ3n) is 4.36. The molecule has 10 heteroatoms. The average molecular weight is 409 g/mol. The molecular formula is C18H23N3O6S. The van der Waals surface area contributed by atoms with Crippen molar-refractivity contribution in [2.24, 2.45) is 17.6 Å². The minimum Gasteiger partial charge on any atom is -0.455 e. The molecule has 2 N–H and O–H groups in total. The molecule has 0 unspecified atom stereocenters. The summed E-state index contributed by atoms with van der Waals surface area (Å²) in [5.41, 5.74) is 4.81. The number of nitrogens with two attached hydrogens (primary N) is 1. The van der Waals surface area contributed by atoms with Crippen LogP contribution in [0.5, 0.6) is 0 Å². The predicted molar refractivity (Wildman–Crippen MR) is 103 cm³/mol. The average Bonchev–Trinajstić information content (AvgIpc) is 2.63. The third kappa shape index (κ3) is 5.95. The van der Waals surface area contributed by atoms with Gasteiger partial charge >= 0.3 is 5.97 Å². The Balaban J connectivity index is 1.88. The van der Waals surface area contributed by atoms with Gasteiger partial charge in [-0.05, 0) is 30.4 Å². The van der Waals surface area contributed by atoms with Crippen molar-refractivity contribution in [3.05, 3.63) is 33.9 Å². The number of piperidine rings is 1. The fourth-order valence-corrected chi connectivity index (χ4v) is 4.02. The standard InChI is InChI=1S/C18H23N3O6S/c1-11-5-12(2)8-20(7-11)16(22)9-27-17(23)10-28-15-4-3-13(18(19)24)6-14(15)21(25)26/h3-4,6,11-12H,5,7-10H2,1-2H3,(H2,19,24)/t11-,12+. The zero-order chi connectivity index (χ0) is 20.8. The lowest BCUT2D eigenvalue weighted by Gasteiger charge is -2.34. The van der Waals surface area contributed by atoms with Gasteiger partial charge in [-0.2, -0.15) is 0 Å². The Morgan fingerprint density at radius 3 is 2.50 bits per heavy atom. The number of ether oxygens (including phenoxy) is 1. The van der Waals surface area contributed by atoms with E-state index < -0.39 is 16.8 Å². The Morgan fingerprint density at radius 2 is 1.93 bits per heavy atom. The van der Waals surface area contributed by atoms with Crippen molar-refractivity contribution in [2.45, 2.75) is 25.2 Å². The van der Waals surface area contributed by atoms with Crippen LogP contribution in [-0.4, -0.2) is 53.1 Å². The van der Waals surface area contributed by atoms with Crippen LogP contribution in [-0.2, 0) is 14.3 Å². The van der Waals surface area contributed by atoms with Crippen LogP contribution < -0.4 is 5.73 Å². The second-order valence-corrected chi connectivity index (χ2v) is 8.02. The number of carbonyl (C=O) groups is 3. The lowest BCUT2D eigenvalue weighted by Crippen LogP contribution is -2.44. The Hall–Kier alpha value is -2.62. The van der Waals surface area contributed by atoms with Gasteiger partial charge in [0.2, 0.25) is 5.91 Å². The first kappa shape index (κ1) is 21.7. The Kier molecular flexibility index (Phi) is 7.38. The maximum Gasteiger partial charge on any atom is 0.316 e. The van der Waals surface area contributed by atoms with Crippen LogP contribution >= 0.6 is 11.8 Å². The number of hydrogen-bond donors (Lipinski definition) is 1. The van der Waals surface area contributed by atoms with E-state index in [1.807, 2.05) is 0 Å². The van der Waals surface area contributed by atoms with Gasteiger partial charge < -0.3 is 15.4 Å². The van der Waals surface area contributed by atoms with Gasteiger partial charge in [-0.15, -0.1) is 11.8 Å². The second-order valence-electron chi connectivity index (χ2n) is 7.00. The highest BCUT2D eigenvalue weighted by atomic mass is 32.2. The van der Waals surface area contributed by atoms with Gasteiger partial charge in [0.15, 0.2) is 6.61 Å². The van der Waals surface area contributed by atoms with Gasteiger partial charge in [-0.3, -0.25) is 24.5 Å². The molecule has 1 aliphatic heterocycles. The highest BCUT2D eigenvalue weighted by Crippen LogP contribution is 2.30. The molecule has 1 aromatic carbocycles. The molecule has 0 saturated carbocycles. The van der Waals surface area contributed by atoms with Crippen LogP contribution in [0, 0.1) is 22.0 Å². The molecule has 2 amide bonds. The van der Waals surface area contributed by atoms with Crippen LogP contribution in [0.15, 0.2) is 23.1 Å². The number of primary amides is 1. The molecule has 0 bridgehead atoms. The fraction of sp³-hybridized carbons (Fsp3) is 0.500. The number of nitrogens with zero attached hydrogens (tertiary/aromatic N) is 2. The van der Waals surface area contributed by atoms with Crippen LogP contribution in [0.3, 0.4) is 0 Å². The first-order chi connectivity index (χ1) is 13.2. The fourth-order valence-electron chi connectivity index (χ4n) is 3.21. The van der Waals surface area contributed by atoms with Crippen molar-refractivity contribution >= 4 is 35.2 Å². The summed E-state index contributed by atoms with van der Waals surface area (Å²) >= 11 is 0.899. The van der Waals surface area contributed by atoms with Crippen molar-refractivity contribution in [3.63, 3.8) is 0 Å². The third-order valence-corrected chi connectivity index (χ3v) is 5.40. The first-order valence-electron chi connectivity index (χ1n) is 8.81. The number of thioether (sulfide) groups is 1. The molecule has 0 radical (unpaired) electrons. The molecule has 1 fully saturated rings. The molecule has 0 aromatic heterocycles. The van der Waals surface area contributed by atoms with E-state index in [9.17, 15) is 24.5 Å². The van der Waals surface area contributed by atoms with Gasteiger partial charge in [0, 0.05) is 24.7 Å². The van der Waals surface area contributed by atoms with E-state index in [4.69, 9.17) is 10.5 Å². The van der Waals surface area contributed by atoms with Gasteiger partial charge in [-0.25, -0.2) is 0 Å². The molecule has 1 aromatic rings. The first-order valence-corrected chi connectivity index (χ1v) is 9.80. The molecule has 1 heterocycles. The summed E-state index contributed by atoms with van der Waals surface area (Å²) in [5.74, 6) is -1.06. The molecule has 1 aliphatic rings. The van der Waals surface area contributed by atoms with Crippen molar-refractivity contribution < 1.29 is 24.0 Å². The van der Waals surface area contributed by atoms with Crippen LogP contribution in [0.1, 0.15) is 30.6 Å². The maximum atomic E-state index is 12.2. The van der Waals surface area contributed by atoms with E-state index >= 15 is 0 Å². The highest BCUT2D eigenvalue weighted by molar-refractivity contribution is 8.00. The summed E-state index contributed by atoms with van der Waals surface area (Å²) in [5, 5.41) is 11.2. The molecule has 2 atom stereocenters. The Labute approximate surface area is 166 Å². The number of esters is 1. The van der Waals surface area contributed by atoms with E-state index in [2.05, 4.69) is 13.8 Å². The minimum atomic E-state index is -0.779. The van der Waals surface area contributed by atoms with E-state index in [-0.39, 0.29) is 34.4 Å². The topological polar surface area (TPSA) is 133 Å². The summed E-state index contributed by atoms with van der Waals surface area (Å²) in [4.78, 5) is 47.7. The van der Waals surface area contributed by atoms with Crippen molar-refractivity contribution in [3.8, 4) is 0 Å². The minimum absolute atomic E-state index is 0.00853.